The molecule has 0 aliphatic carbocycles. The van der Waals surface area contributed by atoms with Crippen LogP contribution in [0.2, 0.25) is 0 Å². The van der Waals surface area contributed by atoms with Gasteiger partial charge in [0.15, 0.2) is 0 Å². The van der Waals surface area contributed by atoms with Crippen molar-refractivity contribution in [2.24, 2.45) is 0 Å². The summed E-state index contributed by atoms with van der Waals surface area (Å²) < 4.78 is 15.0. The molecule has 1 aromatic heterocycles. The van der Waals surface area contributed by atoms with E-state index in [-0.39, 0.29) is 12.6 Å². The second-order valence-corrected chi connectivity index (χ2v) is 4.09. The van der Waals surface area contributed by atoms with Gasteiger partial charge in [-0.25, -0.2) is 14.1 Å². The van der Waals surface area contributed by atoms with E-state index in [9.17, 15) is 4.39 Å². The number of aliphatic hydroxyl groups is 1. The van der Waals surface area contributed by atoms with E-state index in [0.717, 1.165) is 12.4 Å². The molecule has 1 fully saturated rings. The zero-order chi connectivity index (χ0) is 11.5. The summed E-state index contributed by atoms with van der Waals surface area (Å²) in [5.41, 5.74) is 0. The molecule has 2 rings (SSSR count). The van der Waals surface area contributed by atoms with E-state index in [4.69, 9.17) is 5.11 Å². The maximum Gasteiger partial charge on any atom is 0.141 e. The number of likely N-dealkylation sites (tertiary alicyclic amines) is 1. The second-order valence-electron chi connectivity index (χ2n) is 4.09. The van der Waals surface area contributed by atoms with E-state index in [1.165, 1.54) is 6.33 Å². The molecule has 2 heterocycles. The molecule has 1 aromatic rings. The van der Waals surface area contributed by atoms with Crippen molar-refractivity contribution < 1.29 is 9.50 Å². The molecule has 2 atom stereocenters. The van der Waals surface area contributed by atoms with Gasteiger partial charge in [-0.05, 0) is 13.3 Å². The van der Waals surface area contributed by atoms with Crippen molar-refractivity contribution >= 4 is 0 Å². The zero-order valence-electron chi connectivity index (χ0n) is 9.38. The standard InChI is InChI=1S/C10H17FN4O/c1-2-15-10(12-7-13-15)5-14-4-8(11)3-9(14)6-16/h7-9,16H,2-6H2,1H3/t8-,9-/m0/s1. The minimum atomic E-state index is -0.838. The third-order valence-electron chi connectivity index (χ3n) is 3.03. The Hall–Kier alpha value is -1.01. The number of aryl methyl sites for hydroxylation is 1. The van der Waals surface area contributed by atoms with Crippen molar-refractivity contribution in [3.05, 3.63) is 12.2 Å². The average Bonchev–Trinajstić information content (AvgIpc) is 2.85. The van der Waals surface area contributed by atoms with Gasteiger partial charge in [-0.2, -0.15) is 5.10 Å². The van der Waals surface area contributed by atoms with Crippen molar-refractivity contribution in [1.82, 2.24) is 19.7 Å². The molecular formula is C10H17FN4O. The van der Waals surface area contributed by atoms with Gasteiger partial charge in [0.05, 0.1) is 13.2 Å². The van der Waals surface area contributed by atoms with Crippen LogP contribution in [0.4, 0.5) is 4.39 Å². The van der Waals surface area contributed by atoms with Gasteiger partial charge in [0.2, 0.25) is 0 Å². The van der Waals surface area contributed by atoms with Crippen LogP contribution in [0.15, 0.2) is 6.33 Å². The first-order valence-corrected chi connectivity index (χ1v) is 5.60. The third kappa shape index (κ3) is 2.22. The maximum absolute atomic E-state index is 13.2. The van der Waals surface area contributed by atoms with Crippen LogP contribution in [0, 0.1) is 0 Å². The van der Waals surface area contributed by atoms with Gasteiger partial charge in [-0.1, -0.05) is 0 Å². The number of aliphatic hydroxyl groups excluding tert-OH is 1. The topological polar surface area (TPSA) is 54.2 Å². The molecule has 0 saturated carbocycles. The van der Waals surface area contributed by atoms with Gasteiger partial charge in [0.25, 0.3) is 0 Å². The van der Waals surface area contributed by atoms with E-state index in [1.54, 1.807) is 4.68 Å². The van der Waals surface area contributed by atoms with Crippen LogP contribution < -0.4 is 0 Å². The van der Waals surface area contributed by atoms with Crippen LogP contribution in [0.5, 0.6) is 0 Å². The lowest BCUT2D eigenvalue weighted by Crippen LogP contribution is -2.33. The Morgan fingerprint density at radius 1 is 1.62 bits per heavy atom. The highest BCUT2D eigenvalue weighted by Crippen LogP contribution is 2.21. The maximum atomic E-state index is 13.2. The van der Waals surface area contributed by atoms with Crippen LogP contribution in [0.1, 0.15) is 19.2 Å². The molecule has 0 spiro atoms. The van der Waals surface area contributed by atoms with E-state index in [0.29, 0.717) is 19.5 Å². The fourth-order valence-electron chi connectivity index (χ4n) is 2.16. The molecule has 6 heteroatoms. The fourth-order valence-corrected chi connectivity index (χ4v) is 2.16. The number of aromatic nitrogens is 3. The van der Waals surface area contributed by atoms with Gasteiger partial charge in [-0.3, -0.25) is 4.90 Å². The molecular weight excluding hydrogens is 211 g/mol. The molecule has 0 unspecified atom stereocenters. The zero-order valence-corrected chi connectivity index (χ0v) is 9.38. The van der Waals surface area contributed by atoms with Gasteiger partial charge < -0.3 is 5.11 Å². The predicted molar refractivity (Wildman–Crippen MR) is 56.5 cm³/mol. The first-order valence-electron chi connectivity index (χ1n) is 5.60. The molecule has 1 saturated heterocycles. The first kappa shape index (κ1) is 11.5. The van der Waals surface area contributed by atoms with Crippen molar-refractivity contribution in [3.8, 4) is 0 Å². The third-order valence-corrected chi connectivity index (χ3v) is 3.03. The lowest BCUT2D eigenvalue weighted by molar-refractivity contribution is 0.149. The first-order chi connectivity index (χ1) is 7.74. The molecule has 0 radical (unpaired) electrons. The summed E-state index contributed by atoms with van der Waals surface area (Å²) in [4.78, 5) is 6.08. The van der Waals surface area contributed by atoms with Crippen molar-refractivity contribution in [1.29, 1.82) is 0 Å². The highest BCUT2D eigenvalue weighted by atomic mass is 19.1. The Bertz CT molecular complexity index is 343. The Labute approximate surface area is 93.9 Å². The summed E-state index contributed by atoms with van der Waals surface area (Å²) in [5, 5.41) is 13.2. The lowest BCUT2D eigenvalue weighted by Gasteiger charge is -2.21. The highest BCUT2D eigenvalue weighted by molar-refractivity contribution is 4.91. The second kappa shape index (κ2) is 4.88. The van der Waals surface area contributed by atoms with E-state index >= 15 is 0 Å². The van der Waals surface area contributed by atoms with Gasteiger partial charge in [0.1, 0.15) is 18.3 Å². The molecule has 0 aromatic carbocycles. The Balaban J connectivity index is 2.03. The molecule has 0 bridgehead atoms. The monoisotopic (exact) mass is 228 g/mol. The van der Waals surface area contributed by atoms with E-state index < -0.39 is 6.17 Å². The fraction of sp³-hybridized carbons (Fsp3) is 0.800. The number of halogens is 1. The average molecular weight is 228 g/mol. The predicted octanol–water partition coefficient (Wildman–Crippen LogP) is 0.203. The van der Waals surface area contributed by atoms with Crippen molar-refractivity contribution in [2.75, 3.05) is 13.2 Å². The lowest BCUT2D eigenvalue weighted by atomic mass is 10.2. The smallest absolute Gasteiger partial charge is 0.141 e. The summed E-state index contributed by atoms with van der Waals surface area (Å²) in [6.07, 6.45) is 1.09. The summed E-state index contributed by atoms with van der Waals surface area (Å²) >= 11 is 0. The molecule has 16 heavy (non-hydrogen) atoms. The SMILES string of the molecule is CCn1ncnc1CN1C[C@@H](F)C[C@H]1CO. The number of hydrogen-bond acceptors (Lipinski definition) is 4. The molecule has 0 amide bonds. The van der Waals surface area contributed by atoms with Gasteiger partial charge in [-0.15, -0.1) is 0 Å². The number of hydrogen-bond donors (Lipinski definition) is 1. The van der Waals surface area contributed by atoms with Gasteiger partial charge in [0, 0.05) is 19.1 Å². The van der Waals surface area contributed by atoms with Crippen LogP contribution in [-0.2, 0) is 13.1 Å². The normalized spacial score (nSPS) is 26.4. The number of rotatable bonds is 4. The minimum Gasteiger partial charge on any atom is -0.395 e. The molecule has 1 aliphatic rings. The number of alkyl halides is 1. The van der Waals surface area contributed by atoms with Crippen LogP contribution in [0.25, 0.3) is 0 Å². The van der Waals surface area contributed by atoms with Crippen LogP contribution in [-0.4, -0.2) is 50.1 Å². The Morgan fingerprint density at radius 3 is 3.12 bits per heavy atom. The molecule has 1 aliphatic heterocycles. The van der Waals surface area contributed by atoms with E-state index in [1.807, 2.05) is 11.8 Å². The molecule has 90 valence electrons. The Kier molecular flexibility index (Phi) is 3.50. The minimum absolute atomic E-state index is 0.000677. The molecule has 1 N–H and O–H groups in total. The summed E-state index contributed by atoms with van der Waals surface area (Å²) in [6.45, 7) is 3.68. The number of nitrogens with zero attached hydrogens (tertiary/aromatic N) is 4. The summed E-state index contributed by atoms with van der Waals surface area (Å²) in [6, 6.07) is -0.0861. The molecule has 5 nitrogen and oxygen atoms in total. The van der Waals surface area contributed by atoms with Crippen molar-refractivity contribution in [2.45, 2.75) is 38.6 Å². The van der Waals surface area contributed by atoms with Gasteiger partial charge >= 0.3 is 0 Å². The van der Waals surface area contributed by atoms with Crippen LogP contribution in [0.3, 0.4) is 0 Å². The quantitative estimate of drug-likeness (QED) is 0.800. The Morgan fingerprint density at radius 2 is 2.44 bits per heavy atom. The van der Waals surface area contributed by atoms with Crippen molar-refractivity contribution in [3.63, 3.8) is 0 Å². The summed E-state index contributed by atoms with van der Waals surface area (Å²) in [7, 11) is 0. The van der Waals surface area contributed by atoms with E-state index in [2.05, 4.69) is 10.1 Å². The van der Waals surface area contributed by atoms with Crippen LogP contribution >= 0.6 is 0 Å². The largest absolute Gasteiger partial charge is 0.395 e. The highest BCUT2D eigenvalue weighted by Gasteiger charge is 2.32. The summed E-state index contributed by atoms with van der Waals surface area (Å²) in [5.74, 6) is 0.829.